The molecule has 1 amide bonds. The van der Waals surface area contributed by atoms with Crippen LogP contribution in [0.5, 0.6) is 0 Å². The molecule has 0 spiro atoms. The average Bonchev–Trinajstić information content (AvgIpc) is 3.07. The van der Waals surface area contributed by atoms with Crippen molar-refractivity contribution in [1.82, 2.24) is 5.32 Å². The summed E-state index contributed by atoms with van der Waals surface area (Å²) in [5.74, 6) is -0.735. The highest BCUT2D eigenvalue weighted by atomic mass is 32.1. The zero-order valence-electron chi connectivity index (χ0n) is 12.9. The summed E-state index contributed by atoms with van der Waals surface area (Å²) in [7, 11) is 0. The van der Waals surface area contributed by atoms with Gasteiger partial charge in [-0.2, -0.15) is 0 Å². The molecule has 0 radical (unpaired) electrons. The number of amides is 1. The number of benzene rings is 1. The molecule has 0 bridgehead atoms. The highest BCUT2D eigenvalue weighted by Gasteiger charge is 2.21. The van der Waals surface area contributed by atoms with Crippen LogP contribution in [-0.4, -0.2) is 24.5 Å². The van der Waals surface area contributed by atoms with Gasteiger partial charge in [0, 0.05) is 17.4 Å². The second kappa shape index (κ2) is 8.90. The van der Waals surface area contributed by atoms with Gasteiger partial charge in [0.2, 0.25) is 5.91 Å². The van der Waals surface area contributed by atoms with Crippen molar-refractivity contribution in [3.8, 4) is 0 Å². The Morgan fingerprint density at radius 3 is 2.65 bits per heavy atom. The summed E-state index contributed by atoms with van der Waals surface area (Å²) < 4.78 is 5.05. The number of nitrogens with one attached hydrogen (secondary N) is 1. The Morgan fingerprint density at radius 1 is 1.22 bits per heavy atom. The molecule has 1 N–H and O–H groups in total. The Hall–Kier alpha value is -2.40. The van der Waals surface area contributed by atoms with E-state index in [1.54, 1.807) is 24.3 Å². The van der Waals surface area contributed by atoms with Crippen LogP contribution >= 0.6 is 11.3 Å². The fourth-order valence-electron chi connectivity index (χ4n) is 2.05. The van der Waals surface area contributed by atoms with Gasteiger partial charge in [0.15, 0.2) is 0 Å². The Bertz CT molecular complexity index is 650. The summed E-state index contributed by atoms with van der Waals surface area (Å²) in [4.78, 5) is 25.1. The fraction of sp³-hybridized carbons (Fsp3) is 0.222. The number of carbonyl (C=O) groups excluding carboxylic acids is 2. The van der Waals surface area contributed by atoms with Gasteiger partial charge in [0.25, 0.3) is 0 Å². The maximum atomic E-state index is 12.1. The van der Waals surface area contributed by atoms with E-state index in [4.69, 9.17) is 4.74 Å². The van der Waals surface area contributed by atoms with E-state index in [0.717, 1.165) is 10.4 Å². The van der Waals surface area contributed by atoms with Crippen LogP contribution < -0.4 is 5.32 Å². The van der Waals surface area contributed by atoms with Crippen LogP contribution in [0.1, 0.15) is 17.4 Å². The van der Waals surface area contributed by atoms with E-state index in [1.165, 1.54) is 6.08 Å². The van der Waals surface area contributed by atoms with Gasteiger partial charge in [0.05, 0.1) is 6.61 Å². The molecule has 1 unspecified atom stereocenters. The molecule has 2 aromatic rings. The Labute approximate surface area is 139 Å². The van der Waals surface area contributed by atoms with Crippen molar-refractivity contribution >= 4 is 29.3 Å². The topological polar surface area (TPSA) is 55.4 Å². The predicted octanol–water partition coefficient (Wildman–Crippen LogP) is 3.05. The SMILES string of the molecule is CCOC(=O)C(Cc1ccccc1)NC(=O)/C=C/c1cccs1. The minimum absolute atomic E-state index is 0.283. The smallest absolute Gasteiger partial charge is 0.328 e. The molecule has 0 saturated carbocycles. The van der Waals surface area contributed by atoms with E-state index in [9.17, 15) is 9.59 Å². The molecule has 2 rings (SSSR count). The zero-order valence-corrected chi connectivity index (χ0v) is 13.7. The first-order valence-electron chi connectivity index (χ1n) is 7.41. The lowest BCUT2D eigenvalue weighted by atomic mass is 10.1. The lowest BCUT2D eigenvalue weighted by molar-refractivity contribution is -0.146. The van der Waals surface area contributed by atoms with Crippen LogP contribution in [0.25, 0.3) is 6.08 Å². The van der Waals surface area contributed by atoms with Crippen LogP contribution in [0.15, 0.2) is 53.9 Å². The molecule has 5 heteroatoms. The molecule has 23 heavy (non-hydrogen) atoms. The quantitative estimate of drug-likeness (QED) is 0.627. The van der Waals surface area contributed by atoms with E-state index in [-0.39, 0.29) is 12.5 Å². The van der Waals surface area contributed by atoms with Crippen LogP contribution in [0, 0.1) is 0 Å². The molecular formula is C18H19NO3S. The maximum Gasteiger partial charge on any atom is 0.328 e. The van der Waals surface area contributed by atoms with Gasteiger partial charge in [-0.1, -0.05) is 36.4 Å². The number of ether oxygens (including phenoxy) is 1. The van der Waals surface area contributed by atoms with Crippen LogP contribution in [-0.2, 0) is 20.7 Å². The minimum atomic E-state index is -0.696. The van der Waals surface area contributed by atoms with Gasteiger partial charge in [0.1, 0.15) is 6.04 Å². The monoisotopic (exact) mass is 329 g/mol. The summed E-state index contributed by atoms with van der Waals surface area (Å²) in [6.07, 6.45) is 3.56. The van der Waals surface area contributed by atoms with Gasteiger partial charge < -0.3 is 10.1 Å². The maximum absolute atomic E-state index is 12.1. The van der Waals surface area contributed by atoms with E-state index in [0.29, 0.717) is 6.42 Å². The van der Waals surface area contributed by atoms with Crippen LogP contribution in [0.3, 0.4) is 0 Å². The number of rotatable bonds is 7. The molecule has 0 aliphatic carbocycles. The summed E-state index contributed by atoms with van der Waals surface area (Å²) in [6.45, 7) is 2.03. The Morgan fingerprint density at radius 2 is 2.00 bits per heavy atom. The molecule has 1 aromatic carbocycles. The molecule has 4 nitrogen and oxygen atoms in total. The highest BCUT2D eigenvalue weighted by molar-refractivity contribution is 7.10. The highest BCUT2D eigenvalue weighted by Crippen LogP contribution is 2.10. The first-order chi connectivity index (χ1) is 11.2. The second-order valence-electron chi connectivity index (χ2n) is 4.85. The molecule has 0 fully saturated rings. The Balaban J connectivity index is 2.01. The standard InChI is InChI=1S/C18H19NO3S/c1-2-22-18(21)16(13-14-7-4-3-5-8-14)19-17(20)11-10-15-9-6-12-23-15/h3-12,16H,2,13H2,1H3,(H,19,20)/b11-10+. The third kappa shape index (κ3) is 5.71. The first-order valence-corrected chi connectivity index (χ1v) is 8.29. The van der Waals surface area contributed by atoms with Gasteiger partial charge in [-0.05, 0) is 30.0 Å². The second-order valence-corrected chi connectivity index (χ2v) is 5.83. The molecule has 0 aliphatic rings. The summed E-state index contributed by atoms with van der Waals surface area (Å²) in [6, 6.07) is 12.7. The lowest BCUT2D eigenvalue weighted by Gasteiger charge is -2.16. The molecule has 0 saturated heterocycles. The lowest BCUT2D eigenvalue weighted by Crippen LogP contribution is -2.42. The van der Waals surface area contributed by atoms with Gasteiger partial charge in [-0.25, -0.2) is 4.79 Å². The van der Waals surface area contributed by atoms with Crippen LogP contribution in [0.2, 0.25) is 0 Å². The third-order valence-electron chi connectivity index (χ3n) is 3.11. The van der Waals surface area contributed by atoms with Crippen molar-refractivity contribution < 1.29 is 14.3 Å². The molecule has 120 valence electrons. The molecular weight excluding hydrogens is 310 g/mol. The predicted molar refractivity (Wildman–Crippen MR) is 92.1 cm³/mol. The Kier molecular flexibility index (Phi) is 6.56. The van der Waals surface area contributed by atoms with E-state index in [1.807, 2.05) is 47.8 Å². The summed E-state index contributed by atoms with van der Waals surface area (Å²) in [5.41, 5.74) is 0.966. The minimum Gasteiger partial charge on any atom is -0.464 e. The van der Waals surface area contributed by atoms with Crippen molar-refractivity contribution in [2.45, 2.75) is 19.4 Å². The third-order valence-corrected chi connectivity index (χ3v) is 3.95. The van der Waals surface area contributed by atoms with E-state index < -0.39 is 12.0 Å². The summed E-state index contributed by atoms with van der Waals surface area (Å²) in [5, 5.41) is 4.66. The van der Waals surface area contributed by atoms with Crippen molar-refractivity contribution in [3.05, 3.63) is 64.4 Å². The number of esters is 1. The van der Waals surface area contributed by atoms with E-state index in [2.05, 4.69) is 5.32 Å². The van der Waals surface area contributed by atoms with Gasteiger partial charge in [-0.15, -0.1) is 11.3 Å². The van der Waals surface area contributed by atoms with E-state index >= 15 is 0 Å². The number of hydrogen-bond donors (Lipinski definition) is 1. The van der Waals surface area contributed by atoms with Crippen molar-refractivity contribution in [2.24, 2.45) is 0 Å². The molecule has 1 aromatic heterocycles. The van der Waals surface area contributed by atoms with Crippen molar-refractivity contribution in [3.63, 3.8) is 0 Å². The molecule has 0 aliphatic heterocycles. The first kappa shape index (κ1) is 17.0. The number of carbonyl (C=O) groups is 2. The number of hydrogen-bond acceptors (Lipinski definition) is 4. The average molecular weight is 329 g/mol. The zero-order chi connectivity index (χ0) is 16.5. The normalized spacial score (nSPS) is 12.0. The van der Waals surface area contributed by atoms with Gasteiger partial charge >= 0.3 is 5.97 Å². The fourth-order valence-corrected chi connectivity index (χ4v) is 2.67. The van der Waals surface area contributed by atoms with Crippen molar-refractivity contribution in [1.29, 1.82) is 0 Å². The number of thiophene rings is 1. The van der Waals surface area contributed by atoms with Crippen molar-refractivity contribution in [2.75, 3.05) is 6.61 Å². The molecule has 1 atom stereocenters. The summed E-state index contributed by atoms with van der Waals surface area (Å²) >= 11 is 1.54. The largest absolute Gasteiger partial charge is 0.464 e. The van der Waals surface area contributed by atoms with Gasteiger partial charge in [-0.3, -0.25) is 4.79 Å². The molecule has 1 heterocycles. The van der Waals surface area contributed by atoms with Crippen LogP contribution in [0.4, 0.5) is 0 Å².